The van der Waals surface area contributed by atoms with Gasteiger partial charge in [0.25, 0.3) is 0 Å². The van der Waals surface area contributed by atoms with Gasteiger partial charge in [-0.25, -0.2) is 0 Å². The van der Waals surface area contributed by atoms with Crippen LogP contribution in [0.4, 0.5) is 5.69 Å². The molecule has 25 heavy (non-hydrogen) atoms. The SMILES string of the molecule is CCOc1cc(C2=CCCC2)c2c(c1)C1=C(CCC1)C1(CCCC1)N2. The zero-order valence-electron chi connectivity index (χ0n) is 15.4. The number of anilines is 1. The van der Waals surface area contributed by atoms with Crippen molar-refractivity contribution < 1.29 is 4.74 Å². The Kier molecular flexibility index (Phi) is 3.69. The minimum Gasteiger partial charge on any atom is -0.494 e. The predicted octanol–water partition coefficient (Wildman–Crippen LogP) is 6.33. The Balaban J connectivity index is 1.71. The van der Waals surface area contributed by atoms with Crippen molar-refractivity contribution in [1.29, 1.82) is 0 Å². The second-order valence-corrected chi connectivity index (χ2v) is 8.17. The molecule has 2 heteroatoms. The van der Waals surface area contributed by atoms with Crippen LogP contribution >= 0.6 is 0 Å². The second-order valence-electron chi connectivity index (χ2n) is 8.17. The maximum atomic E-state index is 5.96. The van der Waals surface area contributed by atoms with E-state index in [4.69, 9.17) is 4.74 Å². The van der Waals surface area contributed by atoms with E-state index in [2.05, 4.69) is 30.4 Å². The Bertz CT molecular complexity index is 765. The maximum absolute atomic E-state index is 5.96. The lowest BCUT2D eigenvalue weighted by Crippen LogP contribution is -2.40. The van der Waals surface area contributed by atoms with Crippen LogP contribution in [0.5, 0.6) is 5.75 Å². The van der Waals surface area contributed by atoms with Crippen molar-refractivity contribution in [3.05, 3.63) is 34.9 Å². The van der Waals surface area contributed by atoms with E-state index >= 15 is 0 Å². The van der Waals surface area contributed by atoms with Gasteiger partial charge in [0.2, 0.25) is 0 Å². The van der Waals surface area contributed by atoms with E-state index in [-0.39, 0.29) is 5.54 Å². The van der Waals surface area contributed by atoms with Crippen LogP contribution in [0.1, 0.15) is 82.3 Å². The third-order valence-corrected chi connectivity index (χ3v) is 6.75. The molecule has 0 saturated heterocycles. The highest BCUT2D eigenvalue weighted by Crippen LogP contribution is 2.55. The van der Waals surface area contributed by atoms with Crippen LogP contribution in [-0.2, 0) is 0 Å². The molecule has 1 aromatic rings. The summed E-state index contributed by atoms with van der Waals surface area (Å²) in [5.41, 5.74) is 9.45. The maximum Gasteiger partial charge on any atom is 0.120 e. The van der Waals surface area contributed by atoms with Crippen LogP contribution in [0, 0.1) is 0 Å². The molecule has 5 rings (SSSR count). The second kappa shape index (κ2) is 5.93. The highest BCUT2D eigenvalue weighted by Gasteiger charge is 2.44. The van der Waals surface area contributed by atoms with Gasteiger partial charge in [0.15, 0.2) is 0 Å². The summed E-state index contributed by atoms with van der Waals surface area (Å²) >= 11 is 0. The summed E-state index contributed by atoms with van der Waals surface area (Å²) in [5.74, 6) is 1.05. The third-order valence-electron chi connectivity index (χ3n) is 6.75. The molecule has 1 fully saturated rings. The van der Waals surface area contributed by atoms with Gasteiger partial charge in [0.05, 0.1) is 17.8 Å². The summed E-state index contributed by atoms with van der Waals surface area (Å²) in [5, 5.41) is 4.10. The Hall–Kier alpha value is -1.70. The van der Waals surface area contributed by atoms with Crippen molar-refractivity contribution in [2.75, 3.05) is 11.9 Å². The summed E-state index contributed by atoms with van der Waals surface area (Å²) in [7, 11) is 0. The van der Waals surface area contributed by atoms with Crippen LogP contribution in [0.2, 0.25) is 0 Å². The van der Waals surface area contributed by atoms with Gasteiger partial charge in [-0.2, -0.15) is 0 Å². The van der Waals surface area contributed by atoms with E-state index in [1.807, 2.05) is 0 Å². The van der Waals surface area contributed by atoms with Crippen molar-refractivity contribution in [3.8, 4) is 5.75 Å². The average Bonchev–Trinajstić information content (AvgIpc) is 3.38. The van der Waals surface area contributed by atoms with Crippen molar-refractivity contribution in [2.45, 2.75) is 76.7 Å². The molecule has 1 N–H and O–H groups in total. The Labute approximate surface area is 151 Å². The van der Waals surface area contributed by atoms with E-state index < -0.39 is 0 Å². The molecule has 3 aliphatic carbocycles. The molecule has 0 radical (unpaired) electrons. The molecule has 1 saturated carbocycles. The van der Waals surface area contributed by atoms with E-state index in [0.29, 0.717) is 0 Å². The Morgan fingerprint density at radius 3 is 2.60 bits per heavy atom. The number of allylic oxidation sites excluding steroid dienone is 3. The van der Waals surface area contributed by atoms with Crippen molar-refractivity contribution >= 4 is 16.8 Å². The van der Waals surface area contributed by atoms with Gasteiger partial charge in [-0.1, -0.05) is 18.9 Å². The summed E-state index contributed by atoms with van der Waals surface area (Å²) in [6, 6.07) is 4.61. The molecule has 1 aliphatic heterocycles. The zero-order valence-corrected chi connectivity index (χ0v) is 15.4. The molecule has 4 aliphatic rings. The molecule has 0 amide bonds. The van der Waals surface area contributed by atoms with E-state index in [9.17, 15) is 0 Å². The number of rotatable bonds is 3. The minimum atomic E-state index is 0.264. The first-order valence-corrected chi connectivity index (χ1v) is 10.3. The van der Waals surface area contributed by atoms with Crippen LogP contribution < -0.4 is 10.1 Å². The first-order valence-electron chi connectivity index (χ1n) is 10.3. The molecule has 1 aromatic carbocycles. The van der Waals surface area contributed by atoms with Crippen molar-refractivity contribution in [2.24, 2.45) is 0 Å². The number of nitrogens with one attached hydrogen (secondary N) is 1. The molecular weight excluding hydrogens is 306 g/mol. The molecule has 0 aromatic heterocycles. The fourth-order valence-electron chi connectivity index (χ4n) is 5.70. The van der Waals surface area contributed by atoms with Crippen LogP contribution in [0.25, 0.3) is 11.1 Å². The molecule has 2 nitrogen and oxygen atoms in total. The minimum absolute atomic E-state index is 0.264. The monoisotopic (exact) mass is 335 g/mol. The quantitative estimate of drug-likeness (QED) is 0.697. The first kappa shape index (κ1) is 15.5. The summed E-state index contributed by atoms with van der Waals surface area (Å²) < 4.78 is 5.96. The number of ether oxygens (including phenoxy) is 1. The largest absolute Gasteiger partial charge is 0.494 e. The lowest BCUT2D eigenvalue weighted by molar-refractivity contribution is 0.340. The van der Waals surface area contributed by atoms with Crippen LogP contribution in [0.15, 0.2) is 23.8 Å². The number of fused-ring (bicyclic) bond motifs is 3. The molecule has 1 spiro atoms. The molecule has 0 bridgehead atoms. The average molecular weight is 335 g/mol. The van der Waals surface area contributed by atoms with Crippen LogP contribution in [0.3, 0.4) is 0 Å². The number of benzene rings is 1. The number of hydrogen-bond donors (Lipinski definition) is 1. The summed E-state index contributed by atoms with van der Waals surface area (Å²) in [6.07, 6.45) is 15.4. The van der Waals surface area contributed by atoms with Gasteiger partial charge < -0.3 is 10.1 Å². The summed E-state index contributed by atoms with van der Waals surface area (Å²) in [4.78, 5) is 0. The number of hydrogen-bond acceptors (Lipinski definition) is 2. The van der Waals surface area contributed by atoms with E-state index in [1.54, 1.807) is 11.1 Å². The van der Waals surface area contributed by atoms with Crippen LogP contribution in [-0.4, -0.2) is 12.1 Å². The fourth-order valence-corrected chi connectivity index (χ4v) is 5.70. The molecule has 0 unspecified atom stereocenters. The van der Waals surface area contributed by atoms with E-state index in [1.165, 1.54) is 86.6 Å². The van der Waals surface area contributed by atoms with Gasteiger partial charge >= 0.3 is 0 Å². The Morgan fingerprint density at radius 2 is 1.84 bits per heavy atom. The van der Waals surface area contributed by atoms with Gasteiger partial charge in [0.1, 0.15) is 5.75 Å². The molecule has 1 heterocycles. The molecular formula is C23H29NO. The standard InChI is InChI=1S/C23H29NO/c1-2-25-17-14-19(16-8-3-4-9-16)22-20(15-17)18-10-7-11-21(18)23(24-22)12-5-6-13-23/h8,14-15,24H,2-7,9-13H2,1H3. The summed E-state index contributed by atoms with van der Waals surface area (Å²) in [6.45, 7) is 2.82. The normalized spacial score (nSPS) is 23.5. The van der Waals surface area contributed by atoms with Crippen molar-refractivity contribution in [3.63, 3.8) is 0 Å². The zero-order chi connectivity index (χ0) is 16.9. The smallest absolute Gasteiger partial charge is 0.120 e. The molecule has 132 valence electrons. The van der Waals surface area contributed by atoms with Gasteiger partial charge in [-0.3, -0.25) is 0 Å². The van der Waals surface area contributed by atoms with Gasteiger partial charge in [-0.15, -0.1) is 0 Å². The van der Waals surface area contributed by atoms with Crippen molar-refractivity contribution in [1.82, 2.24) is 0 Å². The topological polar surface area (TPSA) is 21.3 Å². The van der Waals surface area contributed by atoms with Gasteiger partial charge in [-0.05, 0) is 87.1 Å². The lowest BCUT2D eigenvalue weighted by atomic mass is 9.78. The molecule has 0 atom stereocenters. The third kappa shape index (κ3) is 2.37. The fraction of sp³-hybridized carbons (Fsp3) is 0.565. The lowest BCUT2D eigenvalue weighted by Gasteiger charge is -2.40. The predicted molar refractivity (Wildman–Crippen MR) is 105 cm³/mol. The first-order chi connectivity index (χ1) is 12.3. The van der Waals surface area contributed by atoms with Gasteiger partial charge in [0, 0.05) is 11.1 Å². The highest BCUT2D eigenvalue weighted by molar-refractivity contribution is 5.93. The highest BCUT2D eigenvalue weighted by atomic mass is 16.5. The Morgan fingerprint density at radius 1 is 1.00 bits per heavy atom. The van der Waals surface area contributed by atoms with E-state index in [0.717, 1.165) is 12.4 Å².